The Morgan fingerprint density at radius 2 is 2.10 bits per heavy atom. The standard InChI is InChI=1S/C13H16F2N4O/c1-7-6-16-11(17-7)9(3)18-12(20)10-5-4-8(2)19(10)13(14)15/h4-6,9,13H,1-3H3,(H,16,17)(H,18,20)/t9-/m0/s1. The van der Waals surface area contributed by atoms with E-state index in [1.807, 2.05) is 6.92 Å². The van der Waals surface area contributed by atoms with Crippen LogP contribution in [0.15, 0.2) is 18.3 Å². The number of halogens is 2. The van der Waals surface area contributed by atoms with Crippen molar-refractivity contribution in [3.05, 3.63) is 41.2 Å². The molecule has 7 heteroatoms. The highest BCUT2D eigenvalue weighted by Gasteiger charge is 2.21. The number of nitrogens with zero attached hydrogens (tertiary/aromatic N) is 2. The van der Waals surface area contributed by atoms with Crippen LogP contribution in [-0.2, 0) is 0 Å². The molecule has 20 heavy (non-hydrogen) atoms. The molecule has 2 aromatic heterocycles. The summed E-state index contributed by atoms with van der Waals surface area (Å²) in [4.78, 5) is 19.2. The summed E-state index contributed by atoms with van der Waals surface area (Å²) in [5, 5.41) is 2.65. The topological polar surface area (TPSA) is 62.7 Å². The average Bonchev–Trinajstić information content (AvgIpc) is 2.95. The zero-order valence-corrected chi connectivity index (χ0v) is 11.4. The lowest BCUT2D eigenvalue weighted by Gasteiger charge is -2.14. The number of carbonyl (C=O) groups is 1. The number of aryl methyl sites for hydroxylation is 2. The summed E-state index contributed by atoms with van der Waals surface area (Å²) in [5.74, 6) is 0.0303. The van der Waals surface area contributed by atoms with Gasteiger partial charge in [-0.2, -0.15) is 8.78 Å². The number of imidazole rings is 1. The molecule has 2 aromatic rings. The molecule has 2 heterocycles. The lowest BCUT2D eigenvalue weighted by molar-refractivity contribution is 0.0614. The Labute approximate surface area is 115 Å². The third-order valence-corrected chi connectivity index (χ3v) is 3.03. The molecule has 0 spiro atoms. The summed E-state index contributed by atoms with van der Waals surface area (Å²) in [6, 6.07) is 2.48. The lowest BCUT2D eigenvalue weighted by Crippen LogP contribution is -2.29. The van der Waals surface area contributed by atoms with E-state index in [0.717, 1.165) is 5.69 Å². The maximum absolute atomic E-state index is 12.9. The van der Waals surface area contributed by atoms with E-state index in [1.165, 1.54) is 19.1 Å². The van der Waals surface area contributed by atoms with Crippen LogP contribution in [0, 0.1) is 13.8 Å². The van der Waals surface area contributed by atoms with Gasteiger partial charge in [-0.05, 0) is 32.9 Å². The van der Waals surface area contributed by atoms with Gasteiger partial charge in [0.2, 0.25) is 0 Å². The smallest absolute Gasteiger partial charge is 0.319 e. The molecular weight excluding hydrogens is 266 g/mol. The maximum atomic E-state index is 12.9. The van der Waals surface area contributed by atoms with Crippen LogP contribution in [0.3, 0.4) is 0 Å². The summed E-state index contributed by atoms with van der Waals surface area (Å²) in [6.45, 7) is 2.36. The SMILES string of the molecule is Cc1cnc([C@H](C)NC(=O)c2ccc(C)n2C(F)F)[nH]1. The van der Waals surface area contributed by atoms with Crippen molar-refractivity contribution in [2.45, 2.75) is 33.4 Å². The number of rotatable bonds is 4. The zero-order valence-electron chi connectivity index (χ0n) is 11.4. The summed E-state index contributed by atoms with van der Waals surface area (Å²) in [6.07, 6.45) is 1.64. The van der Waals surface area contributed by atoms with Gasteiger partial charge in [0.1, 0.15) is 11.5 Å². The lowest BCUT2D eigenvalue weighted by atomic mass is 10.3. The number of aromatic nitrogens is 3. The molecule has 1 amide bonds. The number of alkyl halides is 2. The molecule has 0 saturated carbocycles. The molecule has 0 aromatic carbocycles. The quantitative estimate of drug-likeness (QED) is 0.905. The second kappa shape index (κ2) is 5.44. The van der Waals surface area contributed by atoms with Crippen molar-refractivity contribution in [3.8, 4) is 0 Å². The fourth-order valence-electron chi connectivity index (χ4n) is 1.99. The molecule has 2 rings (SSSR count). The fourth-order valence-corrected chi connectivity index (χ4v) is 1.99. The van der Waals surface area contributed by atoms with Crippen molar-refractivity contribution in [2.75, 3.05) is 0 Å². The third kappa shape index (κ3) is 2.71. The van der Waals surface area contributed by atoms with Crippen LogP contribution in [0.2, 0.25) is 0 Å². The summed E-state index contributed by atoms with van der Waals surface area (Å²) in [5.41, 5.74) is 1.15. The van der Waals surface area contributed by atoms with Gasteiger partial charge < -0.3 is 10.3 Å². The Morgan fingerprint density at radius 1 is 1.40 bits per heavy atom. The molecule has 1 atom stereocenters. The van der Waals surface area contributed by atoms with E-state index in [1.54, 1.807) is 13.1 Å². The second-order valence-electron chi connectivity index (χ2n) is 4.65. The first-order valence-corrected chi connectivity index (χ1v) is 6.18. The number of hydrogen-bond acceptors (Lipinski definition) is 2. The normalized spacial score (nSPS) is 12.7. The molecule has 0 aliphatic carbocycles. The summed E-state index contributed by atoms with van der Waals surface area (Å²) < 4.78 is 26.5. The number of amides is 1. The van der Waals surface area contributed by atoms with E-state index in [-0.39, 0.29) is 5.69 Å². The van der Waals surface area contributed by atoms with Gasteiger partial charge in [0.15, 0.2) is 0 Å². The molecule has 5 nitrogen and oxygen atoms in total. The van der Waals surface area contributed by atoms with Crippen molar-refractivity contribution in [2.24, 2.45) is 0 Å². The number of carbonyl (C=O) groups excluding carboxylic acids is 1. The molecule has 0 bridgehead atoms. The highest BCUT2D eigenvalue weighted by atomic mass is 19.3. The van der Waals surface area contributed by atoms with E-state index in [0.29, 0.717) is 16.1 Å². The van der Waals surface area contributed by atoms with Crippen molar-refractivity contribution >= 4 is 5.91 Å². The molecule has 0 aliphatic heterocycles. The van der Waals surface area contributed by atoms with Gasteiger partial charge in [0.25, 0.3) is 5.91 Å². The van der Waals surface area contributed by atoms with Gasteiger partial charge in [0, 0.05) is 17.6 Å². The van der Waals surface area contributed by atoms with Crippen LogP contribution < -0.4 is 5.32 Å². The van der Waals surface area contributed by atoms with Gasteiger partial charge in [-0.25, -0.2) is 4.98 Å². The van der Waals surface area contributed by atoms with Crippen molar-refractivity contribution < 1.29 is 13.6 Å². The molecule has 0 radical (unpaired) electrons. The van der Waals surface area contributed by atoms with Crippen LogP contribution in [0.4, 0.5) is 8.78 Å². The zero-order chi connectivity index (χ0) is 14.9. The number of nitrogens with one attached hydrogen (secondary N) is 2. The number of aromatic amines is 1. The largest absolute Gasteiger partial charge is 0.344 e. The predicted octanol–water partition coefficient (Wildman–Crippen LogP) is 2.71. The first-order chi connectivity index (χ1) is 9.40. The monoisotopic (exact) mass is 282 g/mol. The minimum Gasteiger partial charge on any atom is -0.344 e. The Bertz CT molecular complexity index is 618. The molecule has 108 valence electrons. The summed E-state index contributed by atoms with van der Waals surface area (Å²) in [7, 11) is 0. The first-order valence-electron chi connectivity index (χ1n) is 6.18. The number of H-pyrrole nitrogens is 1. The summed E-state index contributed by atoms with van der Waals surface area (Å²) >= 11 is 0. The van der Waals surface area contributed by atoms with Crippen LogP contribution in [0.1, 0.15) is 47.2 Å². The molecule has 0 fully saturated rings. The highest BCUT2D eigenvalue weighted by molar-refractivity contribution is 5.93. The molecule has 0 unspecified atom stereocenters. The van der Waals surface area contributed by atoms with Crippen molar-refractivity contribution in [3.63, 3.8) is 0 Å². The van der Waals surface area contributed by atoms with Crippen LogP contribution in [-0.4, -0.2) is 20.4 Å². The highest BCUT2D eigenvalue weighted by Crippen LogP contribution is 2.19. The minimum atomic E-state index is -2.74. The Morgan fingerprint density at radius 3 is 2.65 bits per heavy atom. The molecule has 0 aliphatic rings. The third-order valence-electron chi connectivity index (χ3n) is 3.03. The van der Waals surface area contributed by atoms with E-state index >= 15 is 0 Å². The number of hydrogen-bond donors (Lipinski definition) is 2. The van der Waals surface area contributed by atoms with Gasteiger partial charge in [-0.15, -0.1) is 0 Å². The average molecular weight is 282 g/mol. The van der Waals surface area contributed by atoms with Gasteiger partial charge in [0.05, 0.1) is 6.04 Å². The van der Waals surface area contributed by atoms with Crippen molar-refractivity contribution in [1.82, 2.24) is 19.9 Å². The van der Waals surface area contributed by atoms with E-state index < -0.39 is 18.5 Å². The van der Waals surface area contributed by atoms with Crippen LogP contribution in [0.5, 0.6) is 0 Å². The fraction of sp³-hybridized carbons (Fsp3) is 0.385. The van der Waals surface area contributed by atoms with Crippen LogP contribution >= 0.6 is 0 Å². The molecular formula is C13H16F2N4O. The van der Waals surface area contributed by atoms with Crippen LogP contribution in [0.25, 0.3) is 0 Å². The Kier molecular flexibility index (Phi) is 3.87. The second-order valence-corrected chi connectivity index (χ2v) is 4.65. The van der Waals surface area contributed by atoms with E-state index in [4.69, 9.17) is 0 Å². The van der Waals surface area contributed by atoms with Gasteiger partial charge >= 0.3 is 6.55 Å². The molecule has 2 N–H and O–H groups in total. The van der Waals surface area contributed by atoms with E-state index in [9.17, 15) is 13.6 Å². The molecule has 0 saturated heterocycles. The Hall–Kier alpha value is -2.18. The van der Waals surface area contributed by atoms with Gasteiger partial charge in [-0.1, -0.05) is 0 Å². The van der Waals surface area contributed by atoms with Gasteiger partial charge in [-0.3, -0.25) is 9.36 Å². The Balaban J connectivity index is 2.16. The maximum Gasteiger partial charge on any atom is 0.319 e. The van der Waals surface area contributed by atoms with Crippen molar-refractivity contribution in [1.29, 1.82) is 0 Å². The first kappa shape index (κ1) is 14.2. The van der Waals surface area contributed by atoms with E-state index in [2.05, 4.69) is 15.3 Å². The predicted molar refractivity (Wildman–Crippen MR) is 69.6 cm³/mol. The minimum absolute atomic E-state index is 0.0624.